The average Bonchev–Trinajstić information content (AvgIpc) is 2.82. The summed E-state index contributed by atoms with van der Waals surface area (Å²) in [6.45, 7) is 5.61. The second-order valence-electron chi connectivity index (χ2n) is 7.76. The summed E-state index contributed by atoms with van der Waals surface area (Å²) in [7, 11) is -1.57. The summed E-state index contributed by atoms with van der Waals surface area (Å²) < 4.78 is 26.7. The predicted molar refractivity (Wildman–Crippen MR) is 131 cm³/mol. The molecule has 1 amide bonds. The summed E-state index contributed by atoms with van der Waals surface area (Å²) in [4.78, 5) is 26.3. The normalized spacial score (nSPS) is 14.3. The molecule has 0 spiro atoms. The molecule has 0 saturated heterocycles. The topological polar surface area (TPSA) is 86.7 Å². The summed E-state index contributed by atoms with van der Waals surface area (Å²) in [6.07, 6.45) is 3.17. The fourth-order valence-corrected chi connectivity index (χ4v) is 5.27. The molecule has 0 radical (unpaired) electrons. The van der Waals surface area contributed by atoms with Crippen molar-refractivity contribution < 1.29 is 13.2 Å². The number of anilines is 2. The lowest BCUT2D eigenvalue weighted by atomic mass is 10.2. The molecular formula is C24H27N5O3S. The van der Waals surface area contributed by atoms with Crippen LogP contribution in [0.1, 0.15) is 19.4 Å². The Kier molecular flexibility index (Phi) is 6.44. The van der Waals surface area contributed by atoms with Gasteiger partial charge in [0, 0.05) is 39.3 Å². The van der Waals surface area contributed by atoms with Crippen LogP contribution in [0.3, 0.4) is 0 Å². The lowest BCUT2D eigenvalue weighted by Crippen LogP contribution is -2.43. The molecule has 3 aromatic rings. The van der Waals surface area contributed by atoms with E-state index >= 15 is 0 Å². The Bertz CT molecular complexity index is 1300. The van der Waals surface area contributed by atoms with Crippen molar-refractivity contribution in [3.05, 3.63) is 60.2 Å². The van der Waals surface area contributed by atoms with E-state index in [2.05, 4.69) is 0 Å². The summed E-state index contributed by atoms with van der Waals surface area (Å²) >= 11 is 0. The van der Waals surface area contributed by atoms with Gasteiger partial charge in [-0.25, -0.2) is 18.4 Å². The van der Waals surface area contributed by atoms with Crippen LogP contribution in [0.15, 0.2) is 59.5 Å². The molecule has 4 rings (SSSR count). The van der Waals surface area contributed by atoms with Gasteiger partial charge < -0.3 is 4.90 Å². The van der Waals surface area contributed by atoms with E-state index < -0.39 is 10.0 Å². The molecule has 0 saturated carbocycles. The Morgan fingerprint density at radius 3 is 2.18 bits per heavy atom. The Labute approximate surface area is 194 Å². The van der Waals surface area contributed by atoms with Crippen LogP contribution in [0.25, 0.3) is 17.1 Å². The van der Waals surface area contributed by atoms with E-state index in [0.29, 0.717) is 37.8 Å². The number of likely N-dealkylation sites (N-methyl/N-ethyl adjacent to an activating group) is 1. The molecule has 0 N–H and O–H groups in total. The zero-order valence-corrected chi connectivity index (χ0v) is 19.8. The zero-order valence-electron chi connectivity index (χ0n) is 19.0. The van der Waals surface area contributed by atoms with Crippen molar-refractivity contribution >= 4 is 44.7 Å². The van der Waals surface area contributed by atoms with Crippen molar-refractivity contribution in [2.24, 2.45) is 0 Å². The summed E-state index contributed by atoms with van der Waals surface area (Å²) in [5.74, 6) is 1.01. The van der Waals surface area contributed by atoms with E-state index in [-0.39, 0.29) is 10.8 Å². The van der Waals surface area contributed by atoms with Crippen molar-refractivity contribution in [2.75, 3.05) is 43.0 Å². The van der Waals surface area contributed by atoms with Gasteiger partial charge in [0.05, 0.1) is 15.9 Å². The predicted octanol–water partition coefficient (Wildman–Crippen LogP) is 3.16. The van der Waals surface area contributed by atoms with Gasteiger partial charge in [0.25, 0.3) is 5.91 Å². The first-order chi connectivity index (χ1) is 15.8. The molecule has 1 aliphatic heterocycles. The molecule has 0 aliphatic carbocycles. The number of aromatic nitrogens is 2. The number of rotatable bonds is 6. The number of benzene rings is 2. The monoisotopic (exact) mass is 465 g/mol. The molecule has 0 unspecified atom stereocenters. The Balaban J connectivity index is 1.56. The molecule has 0 atom stereocenters. The third kappa shape index (κ3) is 4.46. The minimum absolute atomic E-state index is 0.200. The second kappa shape index (κ2) is 9.29. The maximum Gasteiger partial charge on any atom is 0.252 e. The van der Waals surface area contributed by atoms with E-state index in [1.54, 1.807) is 35.2 Å². The van der Waals surface area contributed by atoms with Crippen LogP contribution < -0.4 is 9.80 Å². The Morgan fingerprint density at radius 1 is 0.970 bits per heavy atom. The van der Waals surface area contributed by atoms with Crippen molar-refractivity contribution in [2.45, 2.75) is 18.7 Å². The molecular weight excluding hydrogens is 438 g/mol. The number of carbonyl (C=O) groups is 1. The maximum absolute atomic E-state index is 13.0. The number of sulfonamides is 1. The van der Waals surface area contributed by atoms with Gasteiger partial charge in [0.2, 0.25) is 10.0 Å². The van der Waals surface area contributed by atoms with E-state index in [1.165, 1.54) is 10.4 Å². The van der Waals surface area contributed by atoms with E-state index in [4.69, 9.17) is 9.97 Å². The quantitative estimate of drug-likeness (QED) is 0.520. The molecule has 8 nitrogen and oxygen atoms in total. The first-order valence-electron chi connectivity index (χ1n) is 10.9. The van der Waals surface area contributed by atoms with E-state index in [0.717, 1.165) is 16.6 Å². The number of carbonyl (C=O) groups excluding carboxylic acids is 1. The molecule has 2 aromatic carbocycles. The SMILES string of the molecule is CCN(CC)S(=O)(=O)c1ccc(/C=C/C(=O)N2CCN(C)c3nc4ccccc4nc32)cc1. The third-order valence-corrected chi connectivity index (χ3v) is 7.78. The van der Waals surface area contributed by atoms with Crippen LogP contribution in [0.2, 0.25) is 0 Å². The van der Waals surface area contributed by atoms with Crippen molar-refractivity contribution in [1.29, 1.82) is 0 Å². The molecule has 0 bridgehead atoms. The van der Waals surface area contributed by atoms with Crippen LogP contribution in [-0.2, 0) is 14.8 Å². The first kappa shape index (κ1) is 22.9. The molecule has 1 aromatic heterocycles. The number of fused-ring (bicyclic) bond motifs is 2. The van der Waals surface area contributed by atoms with Gasteiger partial charge in [-0.05, 0) is 35.9 Å². The van der Waals surface area contributed by atoms with E-state index in [9.17, 15) is 13.2 Å². The van der Waals surface area contributed by atoms with E-state index in [1.807, 2.05) is 50.1 Å². The third-order valence-electron chi connectivity index (χ3n) is 5.72. The highest BCUT2D eigenvalue weighted by molar-refractivity contribution is 7.89. The zero-order chi connectivity index (χ0) is 23.6. The lowest BCUT2D eigenvalue weighted by molar-refractivity contribution is -0.114. The van der Waals surface area contributed by atoms with Crippen LogP contribution >= 0.6 is 0 Å². The number of hydrogen-bond acceptors (Lipinski definition) is 6. The van der Waals surface area contributed by atoms with Gasteiger partial charge in [-0.15, -0.1) is 0 Å². The highest BCUT2D eigenvalue weighted by Gasteiger charge is 2.27. The lowest BCUT2D eigenvalue weighted by Gasteiger charge is -2.33. The summed E-state index contributed by atoms with van der Waals surface area (Å²) in [5.41, 5.74) is 2.26. The van der Waals surface area contributed by atoms with Gasteiger partial charge >= 0.3 is 0 Å². The summed E-state index contributed by atoms with van der Waals surface area (Å²) in [5, 5.41) is 0. The molecule has 172 valence electrons. The Hall–Kier alpha value is -3.30. The van der Waals surface area contributed by atoms with Crippen LogP contribution in [0.4, 0.5) is 11.6 Å². The highest BCUT2D eigenvalue weighted by Crippen LogP contribution is 2.30. The molecule has 1 aliphatic rings. The average molecular weight is 466 g/mol. The van der Waals surface area contributed by atoms with Gasteiger partial charge in [-0.2, -0.15) is 4.31 Å². The second-order valence-corrected chi connectivity index (χ2v) is 9.70. The number of para-hydroxylation sites is 2. The molecule has 2 heterocycles. The van der Waals surface area contributed by atoms with Gasteiger partial charge in [-0.1, -0.05) is 38.1 Å². The van der Waals surface area contributed by atoms with Crippen molar-refractivity contribution in [3.8, 4) is 0 Å². The van der Waals surface area contributed by atoms with Gasteiger partial charge in [0.1, 0.15) is 0 Å². The van der Waals surface area contributed by atoms with Gasteiger partial charge in [-0.3, -0.25) is 9.69 Å². The molecule has 0 fully saturated rings. The van der Waals surface area contributed by atoms with Crippen molar-refractivity contribution in [1.82, 2.24) is 14.3 Å². The smallest absolute Gasteiger partial charge is 0.252 e. The highest BCUT2D eigenvalue weighted by atomic mass is 32.2. The van der Waals surface area contributed by atoms with Crippen molar-refractivity contribution in [3.63, 3.8) is 0 Å². The maximum atomic E-state index is 13.0. The van der Waals surface area contributed by atoms with Crippen LogP contribution in [0.5, 0.6) is 0 Å². The van der Waals surface area contributed by atoms with Crippen LogP contribution in [0, 0.1) is 0 Å². The standard InChI is InChI=1S/C24H27N5O3S/c1-4-28(5-2)33(31,32)19-13-10-18(11-14-19)12-15-22(30)29-17-16-27(3)23-24(29)26-21-9-7-6-8-20(21)25-23/h6-15H,4-5,16-17H2,1-3H3/b15-12+. The number of nitrogens with zero attached hydrogens (tertiary/aromatic N) is 5. The molecule has 9 heteroatoms. The molecule has 33 heavy (non-hydrogen) atoms. The Morgan fingerprint density at radius 2 is 1.58 bits per heavy atom. The summed E-state index contributed by atoms with van der Waals surface area (Å²) in [6, 6.07) is 14.1. The first-order valence-corrected chi connectivity index (χ1v) is 12.4. The fraction of sp³-hybridized carbons (Fsp3) is 0.292. The largest absolute Gasteiger partial charge is 0.355 e. The minimum Gasteiger partial charge on any atom is -0.355 e. The van der Waals surface area contributed by atoms with Crippen LogP contribution in [-0.4, -0.2) is 61.8 Å². The number of amides is 1. The minimum atomic E-state index is -3.51. The fourth-order valence-electron chi connectivity index (χ4n) is 3.82. The van der Waals surface area contributed by atoms with Gasteiger partial charge in [0.15, 0.2) is 11.6 Å². The number of hydrogen-bond donors (Lipinski definition) is 0.